The molecule has 138 valence electrons. The predicted octanol–water partition coefficient (Wildman–Crippen LogP) is 2.46. The van der Waals surface area contributed by atoms with Gasteiger partial charge >= 0.3 is 12.1 Å². The summed E-state index contributed by atoms with van der Waals surface area (Å²) in [6, 6.07) is 4.28. The Kier molecular flexibility index (Phi) is 8.17. The number of carbonyl (C=O) groups excluding carboxylic acids is 2. The van der Waals surface area contributed by atoms with Gasteiger partial charge in [0, 0.05) is 6.07 Å². The largest absolute Gasteiger partial charge is 0.467 e. The summed E-state index contributed by atoms with van der Waals surface area (Å²) >= 11 is 0. The standard InChI is InChI=1S/C16H23N3O6/c1-4-5-10-25-16(21)18-14(15(20)24-3)11(2)17-12-8-6-7-9-13(12)19(22)23/h6-9,11,14,17H,4-5,10H2,1-3H3,(H,18,21). The number of nitro groups is 1. The van der Waals surface area contributed by atoms with E-state index in [2.05, 4.69) is 10.6 Å². The Morgan fingerprint density at radius 1 is 1.32 bits per heavy atom. The summed E-state index contributed by atoms with van der Waals surface area (Å²) in [5.74, 6) is -0.689. The van der Waals surface area contributed by atoms with Crippen molar-refractivity contribution in [3.05, 3.63) is 34.4 Å². The Balaban J connectivity index is 2.84. The molecule has 0 saturated carbocycles. The van der Waals surface area contributed by atoms with Gasteiger partial charge in [-0.15, -0.1) is 0 Å². The van der Waals surface area contributed by atoms with Crippen LogP contribution in [0, 0.1) is 10.1 Å². The van der Waals surface area contributed by atoms with Gasteiger partial charge < -0.3 is 20.1 Å². The van der Waals surface area contributed by atoms with Crippen LogP contribution in [-0.4, -0.2) is 42.8 Å². The zero-order valence-corrected chi connectivity index (χ0v) is 14.5. The average Bonchev–Trinajstić information content (AvgIpc) is 2.59. The number of nitro benzene ring substituents is 1. The number of hydrogen-bond acceptors (Lipinski definition) is 7. The Morgan fingerprint density at radius 2 is 2.00 bits per heavy atom. The van der Waals surface area contributed by atoms with E-state index in [1.165, 1.54) is 25.3 Å². The molecular formula is C16H23N3O6. The molecule has 1 amide bonds. The van der Waals surface area contributed by atoms with Crippen molar-refractivity contribution in [2.75, 3.05) is 19.0 Å². The number of benzene rings is 1. The summed E-state index contributed by atoms with van der Waals surface area (Å²) in [6.07, 6.45) is 0.823. The SMILES string of the molecule is CCCCOC(=O)NC(C(=O)OC)C(C)Nc1ccccc1[N+](=O)[O-]. The molecule has 2 atom stereocenters. The van der Waals surface area contributed by atoms with E-state index in [9.17, 15) is 19.7 Å². The van der Waals surface area contributed by atoms with Crippen molar-refractivity contribution in [2.24, 2.45) is 0 Å². The first-order valence-corrected chi connectivity index (χ1v) is 7.91. The first-order valence-electron chi connectivity index (χ1n) is 7.91. The first kappa shape index (κ1) is 20.2. The van der Waals surface area contributed by atoms with Crippen LogP contribution < -0.4 is 10.6 Å². The molecule has 0 aliphatic heterocycles. The van der Waals surface area contributed by atoms with Crippen molar-refractivity contribution < 1.29 is 24.0 Å². The highest BCUT2D eigenvalue weighted by atomic mass is 16.6. The van der Waals surface area contributed by atoms with Crippen molar-refractivity contribution in [1.29, 1.82) is 0 Å². The number of esters is 1. The minimum absolute atomic E-state index is 0.136. The Hall–Kier alpha value is -2.84. The average molecular weight is 353 g/mol. The van der Waals surface area contributed by atoms with Gasteiger partial charge in [0.1, 0.15) is 11.7 Å². The first-order chi connectivity index (χ1) is 11.9. The summed E-state index contributed by atoms with van der Waals surface area (Å²) in [7, 11) is 1.19. The Morgan fingerprint density at radius 3 is 2.60 bits per heavy atom. The van der Waals surface area contributed by atoms with Crippen LogP contribution in [0.1, 0.15) is 26.7 Å². The molecule has 9 heteroatoms. The highest BCUT2D eigenvalue weighted by Gasteiger charge is 2.29. The van der Waals surface area contributed by atoms with E-state index in [4.69, 9.17) is 9.47 Å². The number of alkyl carbamates (subject to hydrolysis) is 1. The fraction of sp³-hybridized carbons (Fsp3) is 0.500. The van der Waals surface area contributed by atoms with E-state index in [1.807, 2.05) is 6.92 Å². The molecule has 0 fully saturated rings. The molecule has 0 spiro atoms. The third-order valence-electron chi connectivity index (χ3n) is 3.44. The van der Waals surface area contributed by atoms with Gasteiger partial charge in [0.05, 0.1) is 24.7 Å². The number of ether oxygens (including phenoxy) is 2. The zero-order valence-electron chi connectivity index (χ0n) is 14.5. The fourth-order valence-electron chi connectivity index (χ4n) is 2.08. The lowest BCUT2D eigenvalue weighted by Gasteiger charge is -2.24. The smallest absolute Gasteiger partial charge is 0.407 e. The molecule has 1 aromatic carbocycles. The zero-order chi connectivity index (χ0) is 18.8. The molecule has 0 aromatic heterocycles. The molecule has 0 aliphatic carbocycles. The summed E-state index contributed by atoms with van der Waals surface area (Å²) in [5.41, 5.74) is 0.0959. The molecular weight excluding hydrogens is 330 g/mol. The van der Waals surface area contributed by atoms with Crippen molar-refractivity contribution in [3.63, 3.8) is 0 Å². The van der Waals surface area contributed by atoms with Gasteiger partial charge in [-0.2, -0.15) is 0 Å². The second kappa shape index (κ2) is 10.1. The lowest BCUT2D eigenvalue weighted by Crippen LogP contribution is -2.51. The highest BCUT2D eigenvalue weighted by Crippen LogP contribution is 2.24. The summed E-state index contributed by atoms with van der Waals surface area (Å²) in [5, 5.41) is 16.4. The number of amides is 1. The summed E-state index contributed by atoms with van der Waals surface area (Å²) in [4.78, 5) is 34.3. The third-order valence-corrected chi connectivity index (χ3v) is 3.44. The van der Waals surface area contributed by atoms with Crippen molar-refractivity contribution in [3.8, 4) is 0 Å². The highest BCUT2D eigenvalue weighted by molar-refractivity contribution is 5.82. The second-order valence-electron chi connectivity index (χ2n) is 5.34. The van der Waals surface area contributed by atoms with Crippen LogP contribution in [0.4, 0.5) is 16.2 Å². The number of anilines is 1. The number of nitrogens with one attached hydrogen (secondary N) is 2. The van der Waals surface area contributed by atoms with E-state index >= 15 is 0 Å². The van der Waals surface area contributed by atoms with Crippen LogP contribution >= 0.6 is 0 Å². The number of carbonyl (C=O) groups is 2. The van der Waals surface area contributed by atoms with Crippen LogP contribution in [0.2, 0.25) is 0 Å². The molecule has 9 nitrogen and oxygen atoms in total. The maximum absolute atomic E-state index is 12.0. The lowest BCUT2D eigenvalue weighted by atomic mass is 10.1. The van der Waals surface area contributed by atoms with Gasteiger partial charge in [-0.3, -0.25) is 10.1 Å². The van der Waals surface area contributed by atoms with Crippen LogP contribution in [0.15, 0.2) is 24.3 Å². The second-order valence-corrected chi connectivity index (χ2v) is 5.34. The minimum atomic E-state index is -1.07. The van der Waals surface area contributed by atoms with Crippen molar-refractivity contribution in [2.45, 2.75) is 38.8 Å². The van der Waals surface area contributed by atoms with Crippen molar-refractivity contribution >= 4 is 23.4 Å². The summed E-state index contributed by atoms with van der Waals surface area (Å²) in [6.45, 7) is 3.80. The molecule has 1 rings (SSSR count). The number of nitrogens with zero attached hydrogens (tertiary/aromatic N) is 1. The van der Waals surface area contributed by atoms with Gasteiger partial charge in [0.2, 0.25) is 0 Å². The summed E-state index contributed by atoms with van der Waals surface area (Å²) < 4.78 is 9.67. The van der Waals surface area contributed by atoms with E-state index in [0.717, 1.165) is 6.42 Å². The Labute approximate surface area is 145 Å². The number of hydrogen-bond donors (Lipinski definition) is 2. The van der Waals surface area contributed by atoms with Gasteiger partial charge in [-0.05, 0) is 19.4 Å². The number of para-hydroxylation sites is 2. The van der Waals surface area contributed by atoms with E-state index in [0.29, 0.717) is 6.42 Å². The third kappa shape index (κ3) is 6.28. The molecule has 1 aromatic rings. The van der Waals surface area contributed by atoms with Gasteiger partial charge in [-0.25, -0.2) is 9.59 Å². The predicted molar refractivity (Wildman–Crippen MR) is 91.4 cm³/mol. The Bertz CT molecular complexity index is 607. The molecule has 0 heterocycles. The molecule has 2 N–H and O–H groups in total. The van der Waals surface area contributed by atoms with E-state index < -0.39 is 29.1 Å². The monoisotopic (exact) mass is 353 g/mol. The molecule has 0 saturated heterocycles. The molecule has 25 heavy (non-hydrogen) atoms. The topological polar surface area (TPSA) is 120 Å². The lowest BCUT2D eigenvalue weighted by molar-refractivity contribution is -0.384. The van der Waals surface area contributed by atoms with Crippen LogP contribution in [0.25, 0.3) is 0 Å². The van der Waals surface area contributed by atoms with Crippen LogP contribution in [0.5, 0.6) is 0 Å². The normalized spacial score (nSPS) is 12.6. The van der Waals surface area contributed by atoms with Gasteiger partial charge in [0.25, 0.3) is 5.69 Å². The number of rotatable bonds is 9. The number of methoxy groups -OCH3 is 1. The van der Waals surface area contributed by atoms with E-state index in [1.54, 1.807) is 13.0 Å². The van der Waals surface area contributed by atoms with Gasteiger partial charge in [-0.1, -0.05) is 25.5 Å². The molecule has 0 aliphatic rings. The molecule has 0 radical (unpaired) electrons. The maximum Gasteiger partial charge on any atom is 0.407 e. The van der Waals surface area contributed by atoms with Gasteiger partial charge in [0.15, 0.2) is 0 Å². The maximum atomic E-state index is 12.0. The number of unbranched alkanes of at least 4 members (excludes halogenated alkanes) is 1. The van der Waals surface area contributed by atoms with E-state index in [-0.39, 0.29) is 18.0 Å². The quantitative estimate of drug-likeness (QED) is 0.303. The molecule has 0 bridgehead atoms. The molecule has 2 unspecified atom stereocenters. The fourth-order valence-corrected chi connectivity index (χ4v) is 2.08. The van der Waals surface area contributed by atoms with Crippen LogP contribution in [0.3, 0.4) is 0 Å². The van der Waals surface area contributed by atoms with Crippen molar-refractivity contribution in [1.82, 2.24) is 5.32 Å². The van der Waals surface area contributed by atoms with Crippen LogP contribution in [-0.2, 0) is 14.3 Å². The minimum Gasteiger partial charge on any atom is -0.467 e.